The molecule has 0 aliphatic rings. The normalized spacial score (nSPS) is 10.9. The van der Waals surface area contributed by atoms with Crippen molar-refractivity contribution in [1.82, 2.24) is 0 Å². The van der Waals surface area contributed by atoms with E-state index in [2.05, 4.69) is 4.74 Å². The maximum Gasteiger partial charge on any atom is 0.338 e. The number of esters is 2. The van der Waals surface area contributed by atoms with Gasteiger partial charge in [-0.1, -0.05) is 20.8 Å². The molecule has 0 aliphatic heterocycles. The second kappa shape index (κ2) is 5.67. The van der Waals surface area contributed by atoms with Gasteiger partial charge in [0.1, 0.15) is 0 Å². The molecule has 4 nitrogen and oxygen atoms in total. The summed E-state index contributed by atoms with van der Waals surface area (Å²) < 4.78 is 9.74. The first-order valence-electron chi connectivity index (χ1n) is 5.69. The summed E-state index contributed by atoms with van der Waals surface area (Å²) in [4.78, 5) is 22.9. The van der Waals surface area contributed by atoms with Crippen molar-refractivity contribution in [2.75, 3.05) is 13.7 Å². The van der Waals surface area contributed by atoms with Crippen LogP contribution in [-0.2, 0) is 9.47 Å². The average molecular weight is 250 g/mol. The van der Waals surface area contributed by atoms with Gasteiger partial charge in [0.15, 0.2) is 0 Å². The van der Waals surface area contributed by atoms with Crippen LogP contribution in [0.25, 0.3) is 0 Å². The summed E-state index contributed by atoms with van der Waals surface area (Å²) >= 11 is 0. The first-order chi connectivity index (χ1) is 8.33. The van der Waals surface area contributed by atoms with Gasteiger partial charge < -0.3 is 9.47 Å². The Hall–Kier alpha value is -1.84. The topological polar surface area (TPSA) is 52.6 Å². The molecule has 0 saturated carbocycles. The van der Waals surface area contributed by atoms with Gasteiger partial charge in [-0.3, -0.25) is 0 Å². The molecule has 1 rings (SSSR count). The molecule has 1 aromatic carbocycles. The van der Waals surface area contributed by atoms with E-state index in [1.807, 2.05) is 20.8 Å². The number of hydrogen-bond acceptors (Lipinski definition) is 4. The van der Waals surface area contributed by atoms with Crippen molar-refractivity contribution in [3.8, 4) is 0 Å². The van der Waals surface area contributed by atoms with Crippen molar-refractivity contribution >= 4 is 11.9 Å². The minimum Gasteiger partial charge on any atom is -0.465 e. The molecule has 0 bridgehead atoms. The van der Waals surface area contributed by atoms with E-state index in [1.54, 1.807) is 24.3 Å². The average Bonchev–Trinajstić information content (AvgIpc) is 2.34. The number of ether oxygens (including phenoxy) is 2. The van der Waals surface area contributed by atoms with Gasteiger partial charge in [-0.05, 0) is 29.7 Å². The van der Waals surface area contributed by atoms with Gasteiger partial charge in [-0.25, -0.2) is 9.59 Å². The third kappa shape index (κ3) is 4.20. The zero-order chi connectivity index (χ0) is 13.8. The third-order valence-corrected chi connectivity index (χ3v) is 2.18. The molecule has 1 aromatic rings. The van der Waals surface area contributed by atoms with Gasteiger partial charge in [-0.2, -0.15) is 0 Å². The molecule has 0 aromatic heterocycles. The monoisotopic (exact) mass is 250 g/mol. The molecular formula is C14H18O4. The van der Waals surface area contributed by atoms with E-state index in [-0.39, 0.29) is 11.4 Å². The van der Waals surface area contributed by atoms with Gasteiger partial charge in [0.2, 0.25) is 0 Å². The van der Waals surface area contributed by atoms with E-state index in [4.69, 9.17) is 4.74 Å². The number of benzene rings is 1. The Morgan fingerprint density at radius 2 is 1.44 bits per heavy atom. The van der Waals surface area contributed by atoms with E-state index in [1.165, 1.54) is 7.11 Å². The quantitative estimate of drug-likeness (QED) is 0.774. The Labute approximate surface area is 107 Å². The fraction of sp³-hybridized carbons (Fsp3) is 0.429. The zero-order valence-corrected chi connectivity index (χ0v) is 11.1. The molecule has 0 amide bonds. The van der Waals surface area contributed by atoms with E-state index >= 15 is 0 Å². The van der Waals surface area contributed by atoms with E-state index in [0.29, 0.717) is 17.7 Å². The lowest BCUT2D eigenvalue weighted by Crippen LogP contribution is -2.18. The van der Waals surface area contributed by atoms with Crippen LogP contribution in [-0.4, -0.2) is 25.7 Å². The van der Waals surface area contributed by atoms with Crippen LogP contribution in [0.15, 0.2) is 24.3 Å². The van der Waals surface area contributed by atoms with Crippen molar-refractivity contribution in [3.05, 3.63) is 35.4 Å². The Morgan fingerprint density at radius 1 is 1.00 bits per heavy atom. The van der Waals surface area contributed by atoms with Crippen LogP contribution in [0.2, 0.25) is 0 Å². The van der Waals surface area contributed by atoms with Crippen LogP contribution < -0.4 is 0 Å². The number of methoxy groups -OCH3 is 1. The molecule has 98 valence electrons. The lowest BCUT2D eigenvalue weighted by atomic mass is 9.99. The summed E-state index contributed by atoms with van der Waals surface area (Å²) in [5.74, 6) is -0.814. The second-order valence-corrected chi connectivity index (χ2v) is 5.21. The molecular weight excluding hydrogens is 232 g/mol. The second-order valence-electron chi connectivity index (χ2n) is 5.21. The smallest absolute Gasteiger partial charge is 0.338 e. The predicted octanol–water partition coefficient (Wildman–Crippen LogP) is 2.68. The van der Waals surface area contributed by atoms with Crippen molar-refractivity contribution in [1.29, 1.82) is 0 Å². The molecule has 0 radical (unpaired) electrons. The fourth-order valence-corrected chi connectivity index (χ4v) is 1.23. The zero-order valence-electron chi connectivity index (χ0n) is 11.1. The molecule has 0 spiro atoms. The van der Waals surface area contributed by atoms with E-state index < -0.39 is 5.97 Å². The van der Waals surface area contributed by atoms with E-state index in [9.17, 15) is 9.59 Å². The fourth-order valence-electron chi connectivity index (χ4n) is 1.23. The summed E-state index contributed by atoms with van der Waals surface area (Å²) in [6, 6.07) is 6.19. The van der Waals surface area contributed by atoms with Crippen molar-refractivity contribution in [3.63, 3.8) is 0 Å². The maximum absolute atomic E-state index is 11.7. The molecule has 0 saturated heterocycles. The summed E-state index contributed by atoms with van der Waals surface area (Å²) in [5.41, 5.74) is 0.763. The Balaban J connectivity index is 2.68. The Bertz CT molecular complexity index is 426. The summed E-state index contributed by atoms with van der Waals surface area (Å²) in [7, 11) is 1.31. The van der Waals surface area contributed by atoms with Crippen LogP contribution in [0.4, 0.5) is 0 Å². The lowest BCUT2D eigenvalue weighted by molar-refractivity contribution is 0.0366. The standard InChI is InChI=1S/C14H18O4/c1-14(2,3)9-18-13(16)11-7-5-10(6-8-11)12(15)17-4/h5-8H,9H2,1-4H3. The van der Waals surface area contributed by atoms with Gasteiger partial charge in [0, 0.05) is 0 Å². The Morgan fingerprint density at radius 3 is 1.83 bits per heavy atom. The predicted molar refractivity (Wildman–Crippen MR) is 67.5 cm³/mol. The van der Waals surface area contributed by atoms with Gasteiger partial charge >= 0.3 is 11.9 Å². The number of carbonyl (C=O) groups excluding carboxylic acids is 2. The Kier molecular flexibility index (Phi) is 4.48. The molecule has 18 heavy (non-hydrogen) atoms. The highest BCUT2D eigenvalue weighted by atomic mass is 16.5. The van der Waals surface area contributed by atoms with Gasteiger partial charge in [0.05, 0.1) is 24.8 Å². The molecule has 4 heteroatoms. The summed E-state index contributed by atoms with van der Waals surface area (Å²) in [5, 5.41) is 0. The van der Waals surface area contributed by atoms with Crippen LogP contribution in [0.1, 0.15) is 41.5 Å². The summed E-state index contributed by atoms with van der Waals surface area (Å²) in [6.45, 7) is 6.31. The molecule has 0 N–H and O–H groups in total. The largest absolute Gasteiger partial charge is 0.465 e. The summed E-state index contributed by atoms with van der Waals surface area (Å²) in [6.07, 6.45) is 0. The number of rotatable bonds is 3. The van der Waals surface area contributed by atoms with Gasteiger partial charge in [0.25, 0.3) is 0 Å². The first-order valence-corrected chi connectivity index (χ1v) is 5.69. The molecule has 0 atom stereocenters. The minimum absolute atomic E-state index is 0.0678. The van der Waals surface area contributed by atoms with Crippen LogP contribution in [0, 0.1) is 5.41 Å². The number of carbonyl (C=O) groups is 2. The number of hydrogen-bond donors (Lipinski definition) is 0. The van der Waals surface area contributed by atoms with Crippen molar-refractivity contribution in [2.24, 2.45) is 5.41 Å². The highest BCUT2D eigenvalue weighted by Gasteiger charge is 2.15. The molecule has 0 aliphatic carbocycles. The minimum atomic E-state index is -0.426. The SMILES string of the molecule is COC(=O)c1ccc(C(=O)OCC(C)(C)C)cc1. The molecule has 0 unspecified atom stereocenters. The lowest BCUT2D eigenvalue weighted by Gasteiger charge is -2.17. The van der Waals surface area contributed by atoms with Crippen LogP contribution in [0.3, 0.4) is 0 Å². The van der Waals surface area contributed by atoms with Crippen molar-refractivity contribution < 1.29 is 19.1 Å². The van der Waals surface area contributed by atoms with Crippen LogP contribution >= 0.6 is 0 Å². The van der Waals surface area contributed by atoms with Crippen LogP contribution in [0.5, 0.6) is 0 Å². The highest BCUT2D eigenvalue weighted by Crippen LogP contribution is 2.14. The molecule has 0 heterocycles. The van der Waals surface area contributed by atoms with Gasteiger partial charge in [-0.15, -0.1) is 0 Å². The maximum atomic E-state index is 11.7. The van der Waals surface area contributed by atoms with E-state index in [0.717, 1.165) is 0 Å². The first kappa shape index (κ1) is 14.2. The third-order valence-electron chi connectivity index (χ3n) is 2.18. The van der Waals surface area contributed by atoms with Crippen molar-refractivity contribution in [2.45, 2.75) is 20.8 Å². The molecule has 0 fully saturated rings. The highest BCUT2D eigenvalue weighted by molar-refractivity contribution is 5.93.